The molecule has 25 heavy (non-hydrogen) atoms. The van der Waals surface area contributed by atoms with Crippen LogP contribution in [0.3, 0.4) is 0 Å². The molecule has 0 atom stereocenters. The molecule has 0 heterocycles. The molecule has 2 aromatic rings. The van der Waals surface area contributed by atoms with Gasteiger partial charge >= 0.3 is 0 Å². The Hall–Kier alpha value is -2.49. The highest BCUT2D eigenvalue weighted by atomic mass is 16.5. The highest BCUT2D eigenvalue weighted by Gasteiger charge is 2.05. The largest absolute Gasteiger partial charge is 0.494 e. The molecule has 0 fully saturated rings. The van der Waals surface area contributed by atoms with Gasteiger partial charge in [0.15, 0.2) is 0 Å². The molecule has 134 valence electrons. The molecular formula is C21H28N2O2. The van der Waals surface area contributed by atoms with E-state index in [1.54, 1.807) is 0 Å². The quantitative estimate of drug-likeness (QED) is 0.727. The van der Waals surface area contributed by atoms with Crippen molar-refractivity contribution in [2.24, 2.45) is 5.92 Å². The van der Waals surface area contributed by atoms with Crippen molar-refractivity contribution in [1.29, 1.82) is 0 Å². The third kappa shape index (κ3) is 6.49. The van der Waals surface area contributed by atoms with E-state index >= 15 is 0 Å². The van der Waals surface area contributed by atoms with Crippen molar-refractivity contribution in [3.63, 3.8) is 0 Å². The maximum Gasteiger partial charge on any atom is 0.243 e. The minimum atomic E-state index is -0.0840. The van der Waals surface area contributed by atoms with Crippen LogP contribution in [0, 0.1) is 19.8 Å². The Kier molecular flexibility index (Phi) is 6.87. The number of amides is 1. The molecule has 2 rings (SSSR count). The summed E-state index contributed by atoms with van der Waals surface area (Å²) in [5.41, 5.74) is 4.07. The number of anilines is 2. The molecule has 4 heteroatoms. The minimum absolute atomic E-state index is 0.0840. The number of hydrogen-bond acceptors (Lipinski definition) is 3. The first kappa shape index (κ1) is 18.8. The number of nitrogens with one attached hydrogen (secondary N) is 2. The lowest BCUT2D eigenvalue weighted by atomic mass is 10.1. The van der Waals surface area contributed by atoms with Crippen LogP contribution in [0.4, 0.5) is 11.4 Å². The average molecular weight is 340 g/mol. The summed E-state index contributed by atoms with van der Waals surface area (Å²) in [5, 5.41) is 6.08. The molecule has 0 spiro atoms. The van der Waals surface area contributed by atoms with Crippen LogP contribution in [-0.4, -0.2) is 19.1 Å². The van der Waals surface area contributed by atoms with Crippen LogP contribution in [0.15, 0.2) is 42.5 Å². The van der Waals surface area contributed by atoms with Gasteiger partial charge in [0.2, 0.25) is 5.91 Å². The summed E-state index contributed by atoms with van der Waals surface area (Å²) in [7, 11) is 0. The van der Waals surface area contributed by atoms with E-state index in [-0.39, 0.29) is 12.5 Å². The maximum absolute atomic E-state index is 12.2. The second-order valence-corrected chi connectivity index (χ2v) is 6.78. The van der Waals surface area contributed by atoms with E-state index in [2.05, 4.69) is 37.5 Å². The topological polar surface area (TPSA) is 50.4 Å². The van der Waals surface area contributed by atoms with E-state index in [9.17, 15) is 4.79 Å². The smallest absolute Gasteiger partial charge is 0.243 e. The Labute approximate surface area is 150 Å². The van der Waals surface area contributed by atoms with E-state index in [1.807, 2.05) is 43.3 Å². The summed E-state index contributed by atoms with van der Waals surface area (Å²) in [5.74, 6) is 1.30. The second-order valence-electron chi connectivity index (χ2n) is 6.78. The maximum atomic E-state index is 12.2. The van der Waals surface area contributed by atoms with E-state index in [1.165, 1.54) is 5.56 Å². The van der Waals surface area contributed by atoms with E-state index in [0.29, 0.717) is 12.5 Å². The third-order valence-electron chi connectivity index (χ3n) is 3.90. The number of rotatable bonds is 8. The van der Waals surface area contributed by atoms with Gasteiger partial charge < -0.3 is 15.4 Å². The summed E-state index contributed by atoms with van der Waals surface area (Å²) >= 11 is 0. The summed E-state index contributed by atoms with van der Waals surface area (Å²) in [4.78, 5) is 12.2. The first-order valence-electron chi connectivity index (χ1n) is 8.78. The Morgan fingerprint density at radius 2 is 1.92 bits per heavy atom. The van der Waals surface area contributed by atoms with Gasteiger partial charge in [-0.2, -0.15) is 0 Å². The molecule has 0 bridgehead atoms. The average Bonchev–Trinajstić information content (AvgIpc) is 2.54. The van der Waals surface area contributed by atoms with E-state index in [0.717, 1.165) is 29.1 Å². The van der Waals surface area contributed by atoms with Gasteiger partial charge in [-0.15, -0.1) is 0 Å². The fraction of sp³-hybridized carbons (Fsp3) is 0.381. The van der Waals surface area contributed by atoms with Crippen molar-refractivity contribution in [3.05, 3.63) is 53.6 Å². The van der Waals surface area contributed by atoms with Gasteiger partial charge in [-0.3, -0.25) is 4.79 Å². The second kappa shape index (κ2) is 9.11. The first-order valence-corrected chi connectivity index (χ1v) is 8.78. The first-order chi connectivity index (χ1) is 11.9. The lowest BCUT2D eigenvalue weighted by Gasteiger charge is -2.12. The predicted octanol–water partition coefficient (Wildman–Crippen LogP) is 4.78. The van der Waals surface area contributed by atoms with Crippen molar-refractivity contribution in [2.45, 2.75) is 34.1 Å². The molecule has 0 radical (unpaired) electrons. The van der Waals surface area contributed by atoms with Crippen LogP contribution in [0.25, 0.3) is 0 Å². The van der Waals surface area contributed by atoms with Crippen molar-refractivity contribution in [1.82, 2.24) is 0 Å². The predicted molar refractivity (Wildman–Crippen MR) is 104 cm³/mol. The fourth-order valence-electron chi connectivity index (χ4n) is 2.47. The van der Waals surface area contributed by atoms with Crippen LogP contribution in [0.2, 0.25) is 0 Å². The summed E-state index contributed by atoms with van der Waals surface area (Å²) in [6, 6.07) is 13.6. The fourth-order valence-corrected chi connectivity index (χ4v) is 2.47. The third-order valence-corrected chi connectivity index (χ3v) is 3.90. The highest BCUT2D eigenvalue weighted by Crippen LogP contribution is 2.19. The van der Waals surface area contributed by atoms with Crippen LogP contribution in [-0.2, 0) is 4.79 Å². The summed E-state index contributed by atoms with van der Waals surface area (Å²) in [6.45, 7) is 9.34. The normalized spacial score (nSPS) is 10.6. The van der Waals surface area contributed by atoms with Crippen molar-refractivity contribution < 1.29 is 9.53 Å². The number of hydrogen-bond donors (Lipinski definition) is 2. The molecule has 0 aromatic heterocycles. The molecule has 0 saturated carbocycles. The molecule has 0 aliphatic carbocycles. The van der Waals surface area contributed by atoms with Crippen LogP contribution in [0.5, 0.6) is 5.75 Å². The van der Waals surface area contributed by atoms with Gasteiger partial charge in [0.05, 0.1) is 13.2 Å². The monoisotopic (exact) mass is 340 g/mol. The zero-order valence-electron chi connectivity index (χ0n) is 15.6. The molecule has 2 N–H and O–H groups in total. The van der Waals surface area contributed by atoms with Gasteiger partial charge in [-0.1, -0.05) is 37.6 Å². The van der Waals surface area contributed by atoms with Crippen LogP contribution < -0.4 is 15.4 Å². The standard InChI is InChI=1S/C21H28N2O2/c1-15(2)10-11-25-19-7-5-6-18(13-19)23-21(24)14-22-20-9-8-16(3)12-17(20)4/h5-9,12-13,15,22H,10-11,14H2,1-4H3,(H,23,24). The zero-order chi connectivity index (χ0) is 18.2. The number of carbonyl (C=O) groups is 1. The lowest BCUT2D eigenvalue weighted by Crippen LogP contribution is -2.22. The molecule has 1 amide bonds. The van der Waals surface area contributed by atoms with Gasteiger partial charge in [0.25, 0.3) is 0 Å². The van der Waals surface area contributed by atoms with Crippen molar-refractivity contribution in [2.75, 3.05) is 23.8 Å². The Morgan fingerprint density at radius 1 is 1.12 bits per heavy atom. The van der Waals surface area contributed by atoms with Gasteiger partial charge in [0.1, 0.15) is 5.75 Å². The number of carbonyl (C=O) groups excluding carboxylic acids is 1. The Morgan fingerprint density at radius 3 is 2.64 bits per heavy atom. The molecule has 4 nitrogen and oxygen atoms in total. The molecule has 2 aromatic carbocycles. The summed E-state index contributed by atoms with van der Waals surface area (Å²) < 4.78 is 5.73. The summed E-state index contributed by atoms with van der Waals surface area (Å²) in [6.07, 6.45) is 1.01. The van der Waals surface area contributed by atoms with E-state index < -0.39 is 0 Å². The SMILES string of the molecule is Cc1ccc(NCC(=O)Nc2cccc(OCCC(C)C)c2)c(C)c1. The Bertz CT molecular complexity index is 711. The van der Waals surface area contributed by atoms with Crippen LogP contribution >= 0.6 is 0 Å². The molecule has 0 unspecified atom stereocenters. The number of aryl methyl sites for hydroxylation is 2. The molecule has 0 aliphatic heterocycles. The van der Waals surface area contributed by atoms with Gasteiger partial charge in [-0.25, -0.2) is 0 Å². The van der Waals surface area contributed by atoms with Gasteiger partial charge in [-0.05, 0) is 49.9 Å². The van der Waals surface area contributed by atoms with Gasteiger partial charge in [0, 0.05) is 17.4 Å². The Balaban J connectivity index is 1.85. The number of benzene rings is 2. The van der Waals surface area contributed by atoms with Crippen molar-refractivity contribution in [3.8, 4) is 5.75 Å². The number of ether oxygens (including phenoxy) is 1. The van der Waals surface area contributed by atoms with Crippen molar-refractivity contribution >= 4 is 17.3 Å². The highest BCUT2D eigenvalue weighted by molar-refractivity contribution is 5.94. The minimum Gasteiger partial charge on any atom is -0.494 e. The van der Waals surface area contributed by atoms with Crippen LogP contribution in [0.1, 0.15) is 31.4 Å². The lowest BCUT2D eigenvalue weighted by molar-refractivity contribution is -0.114. The molecule has 0 aliphatic rings. The molecule has 0 saturated heterocycles. The molecular weight excluding hydrogens is 312 g/mol. The zero-order valence-corrected chi connectivity index (χ0v) is 15.6. The van der Waals surface area contributed by atoms with E-state index in [4.69, 9.17) is 4.74 Å².